The van der Waals surface area contributed by atoms with Gasteiger partial charge in [0.25, 0.3) is 0 Å². The van der Waals surface area contributed by atoms with E-state index in [9.17, 15) is 8.42 Å². The fourth-order valence-electron chi connectivity index (χ4n) is 0.359. The van der Waals surface area contributed by atoms with Crippen molar-refractivity contribution in [2.45, 2.75) is 0 Å². The van der Waals surface area contributed by atoms with E-state index in [0.717, 1.165) is 0 Å². The van der Waals surface area contributed by atoms with Crippen molar-refractivity contribution in [3.05, 3.63) is 10.0 Å². The Morgan fingerprint density at radius 1 is 1.67 bits per heavy atom. The zero-order valence-electron chi connectivity index (χ0n) is 4.09. The highest BCUT2D eigenvalue weighted by Gasteiger charge is 2.26. The topological polar surface area (TPSA) is 46.2 Å². The Labute approximate surface area is 66.2 Å². The van der Waals surface area contributed by atoms with Crippen molar-refractivity contribution < 1.29 is 8.42 Å². The monoisotopic (exact) mass is 227 g/mol. The molecule has 1 aliphatic heterocycles. The minimum Gasteiger partial charge on any atom is -0.341 e. The van der Waals surface area contributed by atoms with Gasteiger partial charge in [0.2, 0.25) is 14.2 Å². The van der Waals surface area contributed by atoms with E-state index in [2.05, 4.69) is 33.5 Å². The van der Waals surface area contributed by atoms with Crippen molar-refractivity contribution in [2.24, 2.45) is 0 Å². The number of hydrogen-bond donors (Lipinski definition) is 1. The number of thiocarbonyl (C=S) groups is 1. The Hall–Kier alpha value is 0.0600. The molecule has 0 unspecified atom stereocenters. The van der Waals surface area contributed by atoms with Gasteiger partial charge in [0, 0.05) is 6.20 Å². The Morgan fingerprint density at radius 3 is 2.33 bits per heavy atom. The summed E-state index contributed by atoms with van der Waals surface area (Å²) in [6, 6.07) is 0. The molecule has 0 aromatic heterocycles. The molecule has 0 aromatic rings. The average molecular weight is 228 g/mol. The van der Waals surface area contributed by atoms with Crippen molar-refractivity contribution in [2.75, 3.05) is 0 Å². The summed E-state index contributed by atoms with van der Waals surface area (Å²) in [7, 11) is -3.31. The lowest BCUT2D eigenvalue weighted by molar-refractivity contribution is 0.615. The summed E-state index contributed by atoms with van der Waals surface area (Å²) in [4.78, 5) is 0. The molecule has 0 radical (unpaired) electrons. The third kappa shape index (κ3) is 1.02. The molecule has 0 spiro atoms. The fourth-order valence-corrected chi connectivity index (χ4v) is 2.21. The second-order valence-electron chi connectivity index (χ2n) is 1.38. The van der Waals surface area contributed by atoms with E-state index in [4.69, 9.17) is 0 Å². The van der Waals surface area contributed by atoms with Crippen LogP contribution in [0.25, 0.3) is 0 Å². The highest BCUT2D eigenvalue weighted by atomic mass is 79.9. The molecule has 0 aliphatic carbocycles. The van der Waals surface area contributed by atoms with Crippen molar-refractivity contribution in [1.29, 1.82) is 0 Å². The fraction of sp³-hybridized carbons (Fsp3) is 0. The van der Waals surface area contributed by atoms with Gasteiger partial charge in [0.05, 0.1) is 0 Å². The molecule has 9 heavy (non-hydrogen) atoms. The Bertz CT molecular complexity index is 278. The predicted molar refractivity (Wildman–Crippen MR) is 41.7 cm³/mol. The molecular weight excluding hydrogens is 226 g/mol. The number of sulfone groups is 1. The van der Waals surface area contributed by atoms with Crippen LogP contribution < -0.4 is 5.32 Å². The first-order valence-corrected chi connectivity index (χ1v) is 4.65. The second-order valence-corrected chi connectivity index (χ2v) is 5.28. The molecule has 1 rings (SSSR count). The molecule has 0 fully saturated rings. The summed E-state index contributed by atoms with van der Waals surface area (Å²) in [5, 5.41) is 2.39. The van der Waals surface area contributed by atoms with Crippen LogP contribution in [0, 0.1) is 0 Å². The van der Waals surface area contributed by atoms with Gasteiger partial charge >= 0.3 is 0 Å². The molecule has 1 aliphatic rings. The van der Waals surface area contributed by atoms with Crippen LogP contribution in [0.3, 0.4) is 0 Å². The van der Waals surface area contributed by atoms with Crippen LogP contribution in [0.5, 0.6) is 0 Å². The first kappa shape index (κ1) is 7.17. The molecule has 1 heterocycles. The lowest BCUT2D eigenvalue weighted by Gasteiger charge is -1.89. The maximum atomic E-state index is 10.8. The third-order valence-electron chi connectivity index (χ3n) is 0.804. The summed E-state index contributed by atoms with van der Waals surface area (Å²) >= 11 is 7.27. The maximum absolute atomic E-state index is 10.8. The number of halogens is 1. The van der Waals surface area contributed by atoms with Gasteiger partial charge in [-0.15, -0.1) is 0 Å². The van der Waals surface area contributed by atoms with E-state index in [0.29, 0.717) is 0 Å². The van der Waals surface area contributed by atoms with Crippen molar-refractivity contribution in [3.63, 3.8) is 0 Å². The SMILES string of the molecule is O=S1(=O)C(=S)NC=C1Br. The zero-order valence-corrected chi connectivity index (χ0v) is 7.31. The van der Waals surface area contributed by atoms with E-state index < -0.39 is 9.84 Å². The van der Waals surface area contributed by atoms with Crippen LogP contribution in [0.4, 0.5) is 0 Å². The minimum absolute atomic E-state index is 0.0972. The van der Waals surface area contributed by atoms with Crippen molar-refractivity contribution in [1.82, 2.24) is 5.32 Å². The lowest BCUT2D eigenvalue weighted by Crippen LogP contribution is -2.16. The maximum Gasteiger partial charge on any atom is 0.240 e. The normalized spacial score (nSPS) is 23.2. The highest BCUT2D eigenvalue weighted by Crippen LogP contribution is 2.19. The Balaban J connectivity index is 3.25. The molecular formula is C3H2BrNO2S2. The quantitative estimate of drug-likeness (QED) is 0.612. The van der Waals surface area contributed by atoms with Gasteiger partial charge < -0.3 is 5.32 Å². The lowest BCUT2D eigenvalue weighted by atomic mass is 11.0. The average Bonchev–Trinajstić information content (AvgIpc) is 1.96. The third-order valence-corrected chi connectivity index (χ3v) is 4.33. The van der Waals surface area contributed by atoms with Crippen LogP contribution in [0.2, 0.25) is 0 Å². The number of nitrogens with one attached hydrogen (secondary N) is 1. The summed E-state index contributed by atoms with van der Waals surface area (Å²) in [6.07, 6.45) is 1.30. The van der Waals surface area contributed by atoms with Crippen LogP contribution >= 0.6 is 28.1 Å². The second kappa shape index (κ2) is 2.03. The van der Waals surface area contributed by atoms with Crippen molar-refractivity contribution in [3.8, 4) is 0 Å². The van der Waals surface area contributed by atoms with Gasteiger partial charge in [-0.2, -0.15) is 0 Å². The number of hydrogen-bond acceptors (Lipinski definition) is 3. The number of rotatable bonds is 0. The van der Waals surface area contributed by atoms with E-state index in [1.165, 1.54) is 6.20 Å². The molecule has 0 saturated heterocycles. The van der Waals surface area contributed by atoms with Crippen LogP contribution in [0.15, 0.2) is 10.0 Å². The van der Waals surface area contributed by atoms with E-state index in [-0.39, 0.29) is 8.13 Å². The van der Waals surface area contributed by atoms with Gasteiger partial charge in [0.1, 0.15) is 3.81 Å². The van der Waals surface area contributed by atoms with Crippen LogP contribution in [-0.4, -0.2) is 12.7 Å². The Morgan fingerprint density at radius 2 is 2.22 bits per heavy atom. The highest BCUT2D eigenvalue weighted by molar-refractivity contribution is 9.14. The van der Waals surface area contributed by atoms with Crippen LogP contribution in [-0.2, 0) is 9.84 Å². The van der Waals surface area contributed by atoms with Gasteiger partial charge in [0.15, 0.2) is 0 Å². The minimum atomic E-state index is -3.31. The van der Waals surface area contributed by atoms with Gasteiger partial charge in [-0.1, -0.05) is 0 Å². The summed E-state index contributed by atoms with van der Waals surface area (Å²) < 4.78 is 21.5. The van der Waals surface area contributed by atoms with E-state index in [1.807, 2.05) is 0 Å². The van der Waals surface area contributed by atoms with E-state index >= 15 is 0 Å². The largest absolute Gasteiger partial charge is 0.341 e. The molecule has 6 heteroatoms. The first-order valence-electron chi connectivity index (χ1n) is 1.96. The van der Waals surface area contributed by atoms with Gasteiger partial charge in [-0.05, 0) is 28.1 Å². The standard InChI is InChI=1S/C3H2BrNO2S2/c4-2-1-5-3(8)9(2,6)7/h1H,(H,5,8). The zero-order chi connectivity index (χ0) is 7.07. The van der Waals surface area contributed by atoms with E-state index in [1.54, 1.807) is 0 Å². The first-order chi connectivity index (χ1) is 4.05. The molecule has 0 aromatic carbocycles. The molecule has 1 N–H and O–H groups in total. The van der Waals surface area contributed by atoms with Gasteiger partial charge in [-0.25, -0.2) is 8.42 Å². The summed E-state index contributed by atoms with van der Waals surface area (Å²) in [5.41, 5.74) is 0. The summed E-state index contributed by atoms with van der Waals surface area (Å²) in [6.45, 7) is 0. The molecule has 50 valence electrons. The molecule has 3 nitrogen and oxygen atoms in total. The smallest absolute Gasteiger partial charge is 0.240 e. The molecule has 0 amide bonds. The summed E-state index contributed by atoms with van der Waals surface area (Å²) in [5.74, 6) is 0. The molecule has 0 saturated carbocycles. The predicted octanol–water partition coefficient (Wildman–Crippen LogP) is 0.483. The van der Waals surface area contributed by atoms with Crippen molar-refractivity contribution >= 4 is 42.3 Å². The van der Waals surface area contributed by atoms with Gasteiger partial charge in [-0.3, -0.25) is 0 Å². The van der Waals surface area contributed by atoms with Crippen LogP contribution in [0.1, 0.15) is 0 Å². The Kier molecular flexibility index (Phi) is 1.62. The molecule has 0 bridgehead atoms. The molecule has 0 atom stereocenters.